The molecule has 4 aliphatic rings. The molecule has 4 fully saturated rings. The summed E-state index contributed by atoms with van der Waals surface area (Å²) in [4.78, 5) is 81.4. The average Bonchev–Trinajstić information content (AvgIpc) is 3.95. The van der Waals surface area contributed by atoms with Crippen molar-refractivity contribution in [1.82, 2.24) is 31.5 Å². The van der Waals surface area contributed by atoms with Gasteiger partial charge in [0.05, 0.1) is 22.1 Å². The predicted octanol–water partition coefficient (Wildman–Crippen LogP) is 2.10. The van der Waals surface area contributed by atoms with Gasteiger partial charge in [-0.1, -0.05) is 52.9 Å². The highest BCUT2D eigenvalue weighted by molar-refractivity contribution is 7.92. The zero-order valence-corrected chi connectivity index (χ0v) is 32.3. The van der Waals surface area contributed by atoms with Crippen LogP contribution in [0.15, 0.2) is 0 Å². The molecule has 1 aliphatic heterocycles. The zero-order chi connectivity index (χ0) is 37.9. The first-order chi connectivity index (χ1) is 23.6. The Morgan fingerprint density at radius 1 is 0.863 bits per heavy atom. The van der Waals surface area contributed by atoms with Gasteiger partial charge in [0.25, 0.3) is 5.91 Å². The molecular formula is C36H60N6O8S. The van der Waals surface area contributed by atoms with Gasteiger partial charge in [-0.05, 0) is 76.5 Å². The van der Waals surface area contributed by atoms with Crippen LogP contribution in [0, 0.1) is 17.3 Å². The number of nitrogens with one attached hydrogen (secondary N) is 5. The van der Waals surface area contributed by atoms with E-state index in [0.29, 0.717) is 19.3 Å². The second-order valence-electron chi connectivity index (χ2n) is 17.5. The summed E-state index contributed by atoms with van der Waals surface area (Å²) in [5, 5.41) is 14.1. The zero-order valence-electron chi connectivity index (χ0n) is 31.5. The third kappa shape index (κ3) is 11.1. The maximum Gasteiger partial charge on any atom is 0.315 e. The van der Waals surface area contributed by atoms with Crippen molar-refractivity contribution in [3.8, 4) is 0 Å². The minimum absolute atomic E-state index is 0.0221. The highest BCUT2D eigenvalue weighted by Gasteiger charge is 2.47. The largest absolute Gasteiger partial charge is 0.356 e. The smallest absolute Gasteiger partial charge is 0.315 e. The number of urea groups is 1. The quantitative estimate of drug-likeness (QED) is 0.167. The molecule has 3 aliphatic carbocycles. The molecule has 6 amide bonds. The molecule has 0 aromatic rings. The number of sulfone groups is 1. The molecule has 4 rings (SSSR count). The van der Waals surface area contributed by atoms with Crippen molar-refractivity contribution in [1.29, 1.82) is 0 Å². The number of Topliss-reactive ketones (excluding diaryl/α,β-unsaturated/α-hetero) is 1. The van der Waals surface area contributed by atoms with Crippen molar-refractivity contribution in [2.24, 2.45) is 17.3 Å². The fraction of sp³-hybridized carbons (Fsp3) is 0.833. The van der Waals surface area contributed by atoms with Gasteiger partial charge in [0.2, 0.25) is 23.5 Å². The minimum atomic E-state index is -3.59. The lowest BCUT2D eigenvalue weighted by Gasteiger charge is -2.41. The van der Waals surface area contributed by atoms with E-state index in [0.717, 1.165) is 44.9 Å². The van der Waals surface area contributed by atoms with E-state index < -0.39 is 73.2 Å². The summed E-state index contributed by atoms with van der Waals surface area (Å²) < 4.78 is 25.6. The van der Waals surface area contributed by atoms with Gasteiger partial charge in [0, 0.05) is 26.1 Å². The Balaban J connectivity index is 1.55. The van der Waals surface area contributed by atoms with Crippen LogP contribution in [0.3, 0.4) is 0 Å². The van der Waals surface area contributed by atoms with Crippen molar-refractivity contribution in [3.05, 3.63) is 0 Å². The summed E-state index contributed by atoms with van der Waals surface area (Å²) in [5.41, 5.74) is -1.82. The molecule has 0 spiro atoms. The second kappa shape index (κ2) is 15.8. The molecule has 5 N–H and O–H groups in total. The van der Waals surface area contributed by atoms with E-state index in [-0.39, 0.29) is 49.0 Å². The van der Waals surface area contributed by atoms with Crippen molar-refractivity contribution >= 4 is 45.3 Å². The lowest BCUT2D eigenvalue weighted by molar-refractivity contribution is -0.144. The molecule has 1 heterocycles. The van der Waals surface area contributed by atoms with Crippen LogP contribution < -0.4 is 26.6 Å². The highest BCUT2D eigenvalue weighted by Crippen LogP contribution is 2.35. The van der Waals surface area contributed by atoms with E-state index in [1.165, 1.54) is 11.8 Å². The first-order valence-electron chi connectivity index (χ1n) is 18.6. The van der Waals surface area contributed by atoms with Gasteiger partial charge in [-0.2, -0.15) is 0 Å². The third-order valence-electron chi connectivity index (χ3n) is 10.6. The van der Waals surface area contributed by atoms with Gasteiger partial charge in [0.15, 0.2) is 9.84 Å². The van der Waals surface area contributed by atoms with Crippen LogP contribution in [-0.4, -0.2) is 102 Å². The van der Waals surface area contributed by atoms with E-state index in [1.54, 1.807) is 41.5 Å². The molecule has 14 nitrogen and oxygen atoms in total. The van der Waals surface area contributed by atoms with Crippen molar-refractivity contribution in [2.45, 2.75) is 154 Å². The average molecular weight is 737 g/mol. The molecule has 3 saturated carbocycles. The number of rotatable bonds is 14. The van der Waals surface area contributed by atoms with Crippen LogP contribution in [0.25, 0.3) is 0 Å². The number of likely N-dealkylation sites (tertiary alicyclic amines) is 1. The Morgan fingerprint density at radius 2 is 1.49 bits per heavy atom. The van der Waals surface area contributed by atoms with Crippen LogP contribution in [-0.2, 0) is 33.8 Å². The van der Waals surface area contributed by atoms with Crippen LogP contribution in [0.4, 0.5) is 4.79 Å². The standard InChI is InChI=1S/C36H60N6O8S/c1-22(43)37-19-24-18-27(30(45)39-26(17-23-11-12-23)28(44)31(46)38-25-13-14-25)42(20-24)32(47)29(34(2,3)4)40-33(48)41-36(15-9-8-10-16-36)21-51(49,50)35(5,6)7/h23-27,29H,8-21H2,1-7H3,(H,37,43)(H,38,46)(H,39,45)(H2,40,41,48)/t24-,26?,27-,29+/m0/s1. The summed E-state index contributed by atoms with van der Waals surface area (Å²) in [7, 11) is -3.59. The Kier molecular flexibility index (Phi) is 12.6. The summed E-state index contributed by atoms with van der Waals surface area (Å²) >= 11 is 0. The molecular weight excluding hydrogens is 676 g/mol. The Labute approximate surface area is 303 Å². The van der Waals surface area contributed by atoms with Crippen molar-refractivity contribution in [3.63, 3.8) is 0 Å². The normalized spacial score (nSPS) is 23.4. The lowest BCUT2D eigenvalue weighted by atomic mass is 9.83. The van der Waals surface area contributed by atoms with E-state index in [1.807, 2.05) is 0 Å². The number of ketones is 1. The summed E-state index contributed by atoms with van der Waals surface area (Å²) in [6.45, 7) is 12.0. The molecule has 0 bridgehead atoms. The molecule has 1 saturated heterocycles. The monoisotopic (exact) mass is 736 g/mol. The van der Waals surface area contributed by atoms with E-state index in [4.69, 9.17) is 0 Å². The predicted molar refractivity (Wildman–Crippen MR) is 192 cm³/mol. The van der Waals surface area contributed by atoms with Crippen LogP contribution in [0.1, 0.15) is 119 Å². The SMILES string of the molecule is CC(=O)NC[C@@H]1C[C@@H](C(=O)NC(CC2CC2)C(=O)C(=O)NC2CC2)N(C(=O)[C@@H](NC(=O)NC2(CS(=O)(=O)C(C)(C)C)CCCCC2)C(C)(C)C)C1. The van der Waals surface area contributed by atoms with E-state index >= 15 is 0 Å². The number of carbonyl (C=O) groups is 6. The molecule has 4 atom stereocenters. The number of nitrogens with zero attached hydrogens (tertiary/aromatic N) is 1. The highest BCUT2D eigenvalue weighted by atomic mass is 32.2. The molecule has 1 unspecified atom stereocenters. The molecule has 0 aromatic heterocycles. The second-order valence-corrected chi connectivity index (χ2v) is 20.3. The van der Waals surface area contributed by atoms with Crippen LogP contribution in [0.5, 0.6) is 0 Å². The molecule has 288 valence electrons. The van der Waals surface area contributed by atoms with Crippen LogP contribution in [0.2, 0.25) is 0 Å². The Bertz CT molecular complexity index is 1450. The number of amides is 6. The van der Waals surface area contributed by atoms with E-state index in [9.17, 15) is 37.2 Å². The molecule has 0 aromatic carbocycles. The Morgan fingerprint density at radius 3 is 2.02 bits per heavy atom. The first kappa shape index (κ1) is 40.5. The van der Waals surface area contributed by atoms with Crippen molar-refractivity contribution in [2.75, 3.05) is 18.8 Å². The number of hydrogen-bond donors (Lipinski definition) is 5. The number of hydrogen-bond acceptors (Lipinski definition) is 8. The molecule has 51 heavy (non-hydrogen) atoms. The summed E-state index contributed by atoms with van der Waals surface area (Å²) in [6, 6.07) is -3.85. The van der Waals surface area contributed by atoms with Gasteiger partial charge < -0.3 is 31.5 Å². The van der Waals surface area contributed by atoms with Crippen LogP contribution >= 0.6 is 0 Å². The third-order valence-corrected chi connectivity index (χ3v) is 13.4. The lowest BCUT2D eigenvalue weighted by Crippen LogP contribution is -2.63. The Hall–Kier alpha value is -3.23. The van der Waals surface area contributed by atoms with Gasteiger partial charge >= 0.3 is 6.03 Å². The fourth-order valence-corrected chi connectivity index (χ4v) is 8.54. The summed E-state index contributed by atoms with van der Waals surface area (Å²) in [5.74, 6) is -3.05. The summed E-state index contributed by atoms with van der Waals surface area (Å²) in [6.07, 6.45) is 7.39. The van der Waals surface area contributed by atoms with Gasteiger partial charge in [-0.3, -0.25) is 24.0 Å². The molecule has 15 heteroatoms. The van der Waals surface area contributed by atoms with Gasteiger partial charge in [0.1, 0.15) is 12.1 Å². The van der Waals surface area contributed by atoms with Crippen molar-refractivity contribution < 1.29 is 37.2 Å². The maximum atomic E-state index is 14.5. The van der Waals surface area contributed by atoms with Gasteiger partial charge in [-0.25, -0.2) is 13.2 Å². The number of carbonyl (C=O) groups excluding carboxylic acids is 6. The first-order valence-corrected chi connectivity index (χ1v) is 20.3. The fourth-order valence-electron chi connectivity index (χ4n) is 7.02. The van der Waals surface area contributed by atoms with Gasteiger partial charge in [-0.15, -0.1) is 0 Å². The maximum absolute atomic E-state index is 14.5. The topological polar surface area (TPSA) is 200 Å². The minimum Gasteiger partial charge on any atom is -0.356 e. The van der Waals surface area contributed by atoms with E-state index in [2.05, 4.69) is 26.6 Å². The molecule has 0 radical (unpaired) electrons.